The van der Waals surface area contributed by atoms with Crippen molar-refractivity contribution >= 4 is 27.9 Å². The highest BCUT2D eigenvalue weighted by atomic mass is 79.9. The molecular formula is C12H16BrNO. The van der Waals surface area contributed by atoms with Crippen LogP contribution in [0.4, 0.5) is 5.69 Å². The summed E-state index contributed by atoms with van der Waals surface area (Å²) >= 11 is 3.36. The molecule has 0 N–H and O–H groups in total. The van der Waals surface area contributed by atoms with Crippen LogP contribution in [0.15, 0.2) is 22.7 Å². The zero-order valence-electron chi connectivity index (χ0n) is 9.16. The molecule has 1 aromatic carbocycles. The van der Waals surface area contributed by atoms with E-state index in [0.29, 0.717) is 0 Å². The molecule has 0 aliphatic carbocycles. The lowest BCUT2D eigenvalue weighted by molar-refractivity contribution is 0.112. The van der Waals surface area contributed by atoms with Crippen LogP contribution in [0.5, 0.6) is 0 Å². The van der Waals surface area contributed by atoms with Gasteiger partial charge in [-0.05, 0) is 24.6 Å². The van der Waals surface area contributed by atoms with Crippen LogP contribution in [-0.2, 0) is 0 Å². The number of hydrogen-bond acceptors (Lipinski definition) is 2. The predicted molar refractivity (Wildman–Crippen MR) is 67.7 cm³/mol. The van der Waals surface area contributed by atoms with Crippen LogP contribution in [-0.4, -0.2) is 19.9 Å². The van der Waals surface area contributed by atoms with Gasteiger partial charge in [0, 0.05) is 29.3 Å². The topological polar surface area (TPSA) is 20.3 Å². The summed E-state index contributed by atoms with van der Waals surface area (Å²) in [6, 6.07) is 5.79. The summed E-state index contributed by atoms with van der Waals surface area (Å²) in [5.41, 5.74) is 1.74. The normalized spacial score (nSPS) is 10.1. The summed E-state index contributed by atoms with van der Waals surface area (Å²) in [5.74, 6) is 0. The first-order valence-electron chi connectivity index (χ1n) is 5.15. The second-order valence-electron chi connectivity index (χ2n) is 3.60. The highest BCUT2D eigenvalue weighted by molar-refractivity contribution is 9.10. The Kier molecular flexibility index (Phi) is 4.82. The fourth-order valence-corrected chi connectivity index (χ4v) is 1.86. The van der Waals surface area contributed by atoms with E-state index in [2.05, 4.69) is 27.8 Å². The van der Waals surface area contributed by atoms with Crippen molar-refractivity contribution in [2.24, 2.45) is 0 Å². The second-order valence-corrected chi connectivity index (χ2v) is 4.51. The highest BCUT2D eigenvalue weighted by Gasteiger charge is 2.06. The molecule has 0 aliphatic rings. The Bertz CT molecular complexity index is 338. The number of aldehydes is 1. The van der Waals surface area contributed by atoms with E-state index in [4.69, 9.17) is 0 Å². The van der Waals surface area contributed by atoms with E-state index in [1.54, 1.807) is 0 Å². The molecule has 0 saturated carbocycles. The maximum Gasteiger partial charge on any atom is 0.152 e. The van der Waals surface area contributed by atoms with Gasteiger partial charge >= 0.3 is 0 Å². The standard InChI is InChI=1S/C12H16BrNO/c1-3-4-7-14(2)12-6-5-11(13)8-10(12)9-15/h5-6,8-9H,3-4,7H2,1-2H3. The lowest BCUT2D eigenvalue weighted by Crippen LogP contribution is -2.19. The van der Waals surface area contributed by atoms with E-state index >= 15 is 0 Å². The maximum absolute atomic E-state index is 10.9. The molecule has 15 heavy (non-hydrogen) atoms. The third-order valence-electron chi connectivity index (χ3n) is 2.37. The van der Waals surface area contributed by atoms with Gasteiger partial charge in [0.1, 0.15) is 0 Å². The molecule has 0 atom stereocenters. The lowest BCUT2D eigenvalue weighted by atomic mass is 10.1. The molecule has 0 radical (unpaired) electrons. The monoisotopic (exact) mass is 269 g/mol. The molecule has 0 aromatic heterocycles. The summed E-state index contributed by atoms with van der Waals surface area (Å²) in [4.78, 5) is 13.0. The van der Waals surface area contributed by atoms with Gasteiger partial charge in [0.2, 0.25) is 0 Å². The van der Waals surface area contributed by atoms with Crippen LogP contribution in [0.2, 0.25) is 0 Å². The third-order valence-corrected chi connectivity index (χ3v) is 2.87. The zero-order valence-corrected chi connectivity index (χ0v) is 10.8. The molecule has 2 nitrogen and oxygen atoms in total. The van der Waals surface area contributed by atoms with E-state index in [0.717, 1.165) is 41.4 Å². The fourth-order valence-electron chi connectivity index (χ4n) is 1.48. The van der Waals surface area contributed by atoms with Crippen molar-refractivity contribution in [2.75, 3.05) is 18.5 Å². The summed E-state index contributed by atoms with van der Waals surface area (Å²) < 4.78 is 0.942. The summed E-state index contributed by atoms with van der Waals surface area (Å²) in [6.45, 7) is 3.15. The van der Waals surface area contributed by atoms with Crippen LogP contribution < -0.4 is 4.90 Å². The van der Waals surface area contributed by atoms with Gasteiger partial charge in [-0.3, -0.25) is 4.79 Å². The van der Waals surface area contributed by atoms with Gasteiger partial charge in [-0.15, -0.1) is 0 Å². The SMILES string of the molecule is CCCCN(C)c1ccc(Br)cc1C=O. The van der Waals surface area contributed by atoms with Gasteiger partial charge < -0.3 is 4.90 Å². The predicted octanol–water partition coefficient (Wildman–Crippen LogP) is 3.50. The molecule has 0 saturated heterocycles. The molecule has 0 aliphatic heterocycles. The lowest BCUT2D eigenvalue weighted by Gasteiger charge is -2.20. The van der Waals surface area contributed by atoms with E-state index in [9.17, 15) is 4.79 Å². The van der Waals surface area contributed by atoms with Crippen LogP contribution in [0.3, 0.4) is 0 Å². The molecule has 0 heterocycles. The minimum atomic E-state index is 0.739. The van der Waals surface area contributed by atoms with Crippen LogP contribution in [0.1, 0.15) is 30.1 Å². The van der Waals surface area contributed by atoms with Crippen molar-refractivity contribution < 1.29 is 4.79 Å². The number of benzene rings is 1. The van der Waals surface area contributed by atoms with Crippen molar-refractivity contribution in [3.05, 3.63) is 28.2 Å². The van der Waals surface area contributed by atoms with Crippen molar-refractivity contribution in [1.82, 2.24) is 0 Å². The fraction of sp³-hybridized carbons (Fsp3) is 0.417. The van der Waals surface area contributed by atoms with Gasteiger partial charge in [-0.1, -0.05) is 29.3 Å². The van der Waals surface area contributed by atoms with Gasteiger partial charge in [0.25, 0.3) is 0 Å². The molecular weight excluding hydrogens is 254 g/mol. The molecule has 82 valence electrons. The van der Waals surface area contributed by atoms with E-state index in [1.807, 2.05) is 25.2 Å². The molecule has 1 aromatic rings. The Hall–Kier alpha value is -0.830. The Morgan fingerprint density at radius 1 is 1.47 bits per heavy atom. The van der Waals surface area contributed by atoms with Gasteiger partial charge in [-0.25, -0.2) is 0 Å². The first-order chi connectivity index (χ1) is 7.19. The number of hydrogen-bond donors (Lipinski definition) is 0. The molecule has 0 bridgehead atoms. The minimum Gasteiger partial charge on any atom is -0.374 e. The van der Waals surface area contributed by atoms with Gasteiger partial charge in [-0.2, -0.15) is 0 Å². The summed E-state index contributed by atoms with van der Waals surface area (Å²) in [5, 5.41) is 0. The summed E-state index contributed by atoms with van der Waals surface area (Å²) in [6.07, 6.45) is 3.21. The van der Waals surface area contributed by atoms with Crippen LogP contribution in [0, 0.1) is 0 Å². The number of carbonyl (C=O) groups is 1. The third kappa shape index (κ3) is 3.34. The number of anilines is 1. The van der Waals surface area contributed by atoms with Gasteiger partial charge in [0.05, 0.1) is 0 Å². The Morgan fingerprint density at radius 2 is 2.20 bits per heavy atom. The molecule has 0 amide bonds. The van der Waals surface area contributed by atoms with Crippen LogP contribution >= 0.6 is 15.9 Å². The highest BCUT2D eigenvalue weighted by Crippen LogP contribution is 2.22. The number of halogens is 1. The van der Waals surface area contributed by atoms with E-state index in [-0.39, 0.29) is 0 Å². The Labute approximate surface area is 99.4 Å². The Balaban J connectivity index is 2.87. The van der Waals surface area contributed by atoms with Gasteiger partial charge in [0.15, 0.2) is 6.29 Å². The van der Waals surface area contributed by atoms with E-state index in [1.165, 1.54) is 0 Å². The number of nitrogens with zero attached hydrogens (tertiary/aromatic N) is 1. The average molecular weight is 270 g/mol. The largest absolute Gasteiger partial charge is 0.374 e. The van der Waals surface area contributed by atoms with E-state index < -0.39 is 0 Å². The first-order valence-corrected chi connectivity index (χ1v) is 5.94. The number of unbranched alkanes of at least 4 members (excludes halogenated alkanes) is 1. The number of rotatable bonds is 5. The quantitative estimate of drug-likeness (QED) is 0.763. The van der Waals surface area contributed by atoms with Crippen molar-refractivity contribution in [3.63, 3.8) is 0 Å². The molecule has 3 heteroatoms. The smallest absolute Gasteiger partial charge is 0.152 e. The summed E-state index contributed by atoms with van der Waals surface area (Å²) in [7, 11) is 2.02. The first kappa shape index (κ1) is 12.2. The second kappa shape index (κ2) is 5.91. The maximum atomic E-state index is 10.9. The molecule has 0 unspecified atom stereocenters. The van der Waals surface area contributed by atoms with Crippen molar-refractivity contribution in [3.8, 4) is 0 Å². The average Bonchev–Trinajstić information content (AvgIpc) is 2.25. The minimum absolute atomic E-state index is 0.739. The van der Waals surface area contributed by atoms with Crippen molar-refractivity contribution in [1.29, 1.82) is 0 Å². The number of carbonyl (C=O) groups excluding carboxylic acids is 1. The molecule has 0 fully saturated rings. The Morgan fingerprint density at radius 3 is 2.80 bits per heavy atom. The van der Waals surface area contributed by atoms with Crippen LogP contribution in [0.25, 0.3) is 0 Å². The zero-order chi connectivity index (χ0) is 11.3. The molecule has 1 rings (SSSR count). The van der Waals surface area contributed by atoms with Crippen molar-refractivity contribution in [2.45, 2.75) is 19.8 Å². The molecule has 0 spiro atoms.